The van der Waals surface area contributed by atoms with E-state index in [0.29, 0.717) is 12.6 Å². The molecule has 0 amide bonds. The molecule has 3 heteroatoms. The van der Waals surface area contributed by atoms with Crippen LogP contribution in [-0.4, -0.2) is 41.9 Å². The molecule has 0 saturated carbocycles. The molecule has 88 valence electrons. The molecular weight excluding hydrogens is 193 g/mol. The van der Waals surface area contributed by atoms with Gasteiger partial charge in [0.05, 0.1) is 12.2 Å². The number of halogens is 1. The molecule has 1 aliphatic rings. The molecule has 1 atom stereocenters. The Morgan fingerprint density at radius 2 is 2.00 bits per heavy atom. The molecule has 0 aromatic carbocycles. The zero-order valence-electron chi connectivity index (χ0n) is 10.2. The fraction of sp³-hybridized carbons (Fsp3) is 0.833. The van der Waals surface area contributed by atoms with Crippen molar-refractivity contribution in [2.24, 2.45) is 0 Å². The fourth-order valence-electron chi connectivity index (χ4n) is 1.78. The summed E-state index contributed by atoms with van der Waals surface area (Å²) < 4.78 is 19.8. The molecule has 0 radical (unpaired) electrons. The van der Waals surface area contributed by atoms with Crippen LogP contribution in [-0.2, 0) is 4.74 Å². The standard InChI is InChI=1S/C12H22FNO/c1-6-12(13)8-14(10(2)3)7-11(4,5)15-9-12/h6,10H,1,7-9H2,2-5H3/t12-/m0/s1. The zero-order chi connectivity index (χ0) is 11.7. The minimum Gasteiger partial charge on any atom is -0.371 e. The van der Waals surface area contributed by atoms with Gasteiger partial charge in [-0.1, -0.05) is 12.7 Å². The van der Waals surface area contributed by atoms with Gasteiger partial charge in [-0.25, -0.2) is 4.39 Å². The van der Waals surface area contributed by atoms with Crippen LogP contribution in [0.5, 0.6) is 0 Å². The van der Waals surface area contributed by atoms with Gasteiger partial charge in [0.15, 0.2) is 5.67 Å². The first-order valence-corrected chi connectivity index (χ1v) is 5.48. The summed E-state index contributed by atoms with van der Waals surface area (Å²) in [7, 11) is 0. The van der Waals surface area contributed by atoms with Crippen molar-refractivity contribution in [3.63, 3.8) is 0 Å². The van der Waals surface area contributed by atoms with Gasteiger partial charge in [0.2, 0.25) is 0 Å². The quantitative estimate of drug-likeness (QED) is 0.656. The average Bonchev–Trinajstić information content (AvgIpc) is 2.25. The molecule has 1 rings (SSSR count). The van der Waals surface area contributed by atoms with Crippen molar-refractivity contribution in [1.82, 2.24) is 4.90 Å². The van der Waals surface area contributed by atoms with E-state index >= 15 is 0 Å². The first kappa shape index (κ1) is 12.7. The van der Waals surface area contributed by atoms with Crippen molar-refractivity contribution < 1.29 is 9.13 Å². The summed E-state index contributed by atoms with van der Waals surface area (Å²) in [6.07, 6.45) is 1.36. The molecule has 1 heterocycles. The van der Waals surface area contributed by atoms with Gasteiger partial charge in [-0.2, -0.15) is 0 Å². The summed E-state index contributed by atoms with van der Waals surface area (Å²) in [5.41, 5.74) is -1.71. The topological polar surface area (TPSA) is 12.5 Å². The molecule has 15 heavy (non-hydrogen) atoms. The van der Waals surface area contributed by atoms with Gasteiger partial charge in [-0.15, -0.1) is 0 Å². The van der Waals surface area contributed by atoms with Crippen LogP contribution >= 0.6 is 0 Å². The lowest BCUT2D eigenvalue weighted by Gasteiger charge is -2.32. The van der Waals surface area contributed by atoms with Crippen molar-refractivity contribution in [2.45, 2.75) is 45.0 Å². The van der Waals surface area contributed by atoms with E-state index in [1.165, 1.54) is 6.08 Å². The first-order valence-electron chi connectivity index (χ1n) is 5.48. The Kier molecular flexibility index (Phi) is 3.56. The van der Waals surface area contributed by atoms with Crippen molar-refractivity contribution in [2.75, 3.05) is 19.7 Å². The molecule has 0 aromatic rings. The Bertz CT molecular complexity index is 240. The van der Waals surface area contributed by atoms with Crippen LogP contribution < -0.4 is 0 Å². The molecule has 0 aliphatic carbocycles. The molecule has 0 aromatic heterocycles. The van der Waals surface area contributed by atoms with E-state index in [-0.39, 0.29) is 12.2 Å². The Morgan fingerprint density at radius 1 is 1.40 bits per heavy atom. The predicted octanol–water partition coefficient (Wildman–Crippen LogP) is 2.40. The van der Waals surface area contributed by atoms with Crippen LogP contribution in [0.15, 0.2) is 12.7 Å². The fourth-order valence-corrected chi connectivity index (χ4v) is 1.78. The lowest BCUT2D eigenvalue weighted by atomic mass is 10.1. The van der Waals surface area contributed by atoms with Crippen LogP contribution in [0.2, 0.25) is 0 Å². The van der Waals surface area contributed by atoms with Crippen molar-refractivity contribution in [3.05, 3.63) is 12.7 Å². The summed E-state index contributed by atoms with van der Waals surface area (Å²) in [6, 6.07) is 0.320. The van der Waals surface area contributed by atoms with Crippen molar-refractivity contribution in [3.8, 4) is 0 Å². The van der Waals surface area contributed by atoms with Crippen LogP contribution in [0.25, 0.3) is 0 Å². The molecule has 1 aliphatic heterocycles. The SMILES string of the molecule is C=C[C@@]1(F)COC(C)(C)CN(C(C)C)C1. The highest BCUT2D eigenvalue weighted by atomic mass is 19.1. The van der Waals surface area contributed by atoms with E-state index in [1.807, 2.05) is 13.8 Å². The largest absolute Gasteiger partial charge is 0.371 e. The zero-order valence-corrected chi connectivity index (χ0v) is 10.2. The minimum atomic E-state index is -1.42. The third-order valence-electron chi connectivity index (χ3n) is 2.85. The van der Waals surface area contributed by atoms with Crippen molar-refractivity contribution in [1.29, 1.82) is 0 Å². The molecule has 1 saturated heterocycles. The summed E-state index contributed by atoms with van der Waals surface area (Å²) in [5, 5.41) is 0. The first-order chi connectivity index (χ1) is 6.78. The second-order valence-corrected chi connectivity index (χ2v) is 5.29. The van der Waals surface area contributed by atoms with Gasteiger partial charge in [-0.3, -0.25) is 4.90 Å². The molecular formula is C12H22FNO. The number of ether oxygens (including phenoxy) is 1. The summed E-state index contributed by atoms with van der Waals surface area (Å²) in [5.74, 6) is 0. The van der Waals surface area contributed by atoms with Crippen LogP contribution in [0.1, 0.15) is 27.7 Å². The number of rotatable bonds is 2. The molecule has 1 fully saturated rings. The maximum atomic E-state index is 14.2. The molecule has 0 spiro atoms. The Morgan fingerprint density at radius 3 is 2.47 bits per heavy atom. The highest BCUT2D eigenvalue weighted by Crippen LogP contribution is 2.26. The van der Waals surface area contributed by atoms with Crippen LogP contribution in [0.4, 0.5) is 4.39 Å². The number of hydrogen-bond donors (Lipinski definition) is 0. The maximum Gasteiger partial charge on any atom is 0.164 e. The van der Waals surface area contributed by atoms with E-state index in [2.05, 4.69) is 25.3 Å². The number of hydrogen-bond acceptors (Lipinski definition) is 2. The summed E-state index contributed by atoms with van der Waals surface area (Å²) in [4.78, 5) is 2.11. The van der Waals surface area contributed by atoms with Gasteiger partial charge < -0.3 is 4.74 Å². The third-order valence-corrected chi connectivity index (χ3v) is 2.85. The predicted molar refractivity (Wildman–Crippen MR) is 60.8 cm³/mol. The highest BCUT2D eigenvalue weighted by molar-refractivity contribution is 5.02. The molecule has 2 nitrogen and oxygen atoms in total. The monoisotopic (exact) mass is 215 g/mol. The van der Waals surface area contributed by atoms with Gasteiger partial charge in [0, 0.05) is 19.1 Å². The normalized spacial score (nSPS) is 32.7. The van der Waals surface area contributed by atoms with E-state index in [0.717, 1.165) is 6.54 Å². The van der Waals surface area contributed by atoms with E-state index in [9.17, 15) is 4.39 Å². The molecule has 0 bridgehead atoms. The van der Waals surface area contributed by atoms with Gasteiger partial charge >= 0.3 is 0 Å². The number of alkyl halides is 1. The number of nitrogens with zero attached hydrogens (tertiary/aromatic N) is 1. The average molecular weight is 215 g/mol. The third kappa shape index (κ3) is 3.28. The second-order valence-electron chi connectivity index (χ2n) is 5.29. The summed E-state index contributed by atoms with van der Waals surface area (Å²) >= 11 is 0. The lowest BCUT2D eigenvalue weighted by molar-refractivity contribution is -0.0414. The van der Waals surface area contributed by atoms with Gasteiger partial charge in [-0.05, 0) is 27.7 Å². The smallest absolute Gasteiger partial charge is 0.164 e. The van der Waals surface area contributed by atoms with Crippen LogP contribution in [0.3, 0.4) is 0 Å². The minimum absolute atomic E-state index is 0.104. The second kappa shape index (κ2) is 4.22. The van der Waals surface area contributed by atoms with Crippen molar-refractivity contribution >= 4 is 0 Å². The molecule has 0 unspecified atom stereocenters. The van der Waals surface area contributed by atoms with Crippen LogP contribution in [0, 0.1) is 0 Å². The molecule has 0 N–H and O–H groups in total. The Labute approximate surface area is 92.1 Å². The van der Waals surface area contributed by atoms with E-state index in [4.69, 9.17) is 4.74 Å². The Balaban J connectivity index is 2.85. The Hall–Kier alpha value is -0.410. The summed E-state index contributed by atoms with van der Waals surface area (Å²) in [6.45, 7) is 12.9. The lowest BCUT2D eigenvalue weighted by Crippen LogP contribution is -2.44. The van der Waals surface area contributed by atoms with E-state index in [1.54, 1.807) is 0 Å². The highest BCUT2D eigenvalue weighted by Gasteiger charge is 2.38. The van der Waals surface area contributed by atoms with Gasteiger partial charge in [0.25, 0.3) is 0 Å². The maximum absolute atomic E-state index is 14.2. The van der Waals surface area contributed by atoms with Gasteiger partial charge in [0.1, 0.15) is 0 Å². The van der Waals surface area contributed by atoms with E-state index < -0.39 is 5.67 Å².